The van der Waals surface area contributed by atoms with Gasteiger partial charge in [-0.15, -0.1) is 0 Å². The molecule has 3 aliphatic carbocycles. The molecule has 7 atom stereocenters. The summed E-state index contributed by atoms with van der Waals surface area (Å²) in [6.45, 7) is 7.50. The van der Waals surface area contributed by atoms with E-state index in [-0.39, 0.29) is 40.8 Å². The highest BCUT2D eigenvalue weighted by Gasteiger charge is 2.67. The van der Waals surface area contributed by atoms with Gasteiger partial charge < -0.3 is 19.3 Å². The van der Waals surface area contributed by atoms with Crippen LogP contribution in [0.5, 0.6) is 0 Å². The quantitative estimate of drug-likeness (QED) is 0.458. The van der Waals surface area contributed by atoms with Gasteiger partial charge in [-0.1, -0.05) is 49.7 Å². The fourth-order valence-corrected chi connectivity index (χ4v) is 8.34. The van der Waals surface area contributed by atoms with Crippen molar-refractivity contribution in [2.45, 2.75) is 90.1 Å². The monoisotopic (exact) mass is 516 g/mol. The number of aliphatic hydroxyl groups is 1. The Morgan fingerprint density at radius 1 is 1.08 bits per heavy atom. The molecule has 4 fully saturated rings. The van der Waals surface area contributed by atoms with Crippen LogP contribution in [0.2, 0.25) is 5.02 Å². The van der Waals surface area contributed by atoms with Crippen molar-refractivity contribution in [3.63, 3.8) is 0 Å². The summed E-state index contributed by atoms with van der Waals surface area (Å²) in [5, 5.41) is 11.4. The first-order valence-corrected chi connectivity index (χ1v) is 14.1. The van der Waals surface area contributed by atoms with Gasteiger partial charge in [-0.25, -0.2) is 0 Å². The van der Waals surface area contributed by atoms with E-state index in [1.54, 1.807) is 0 Å². The Morgan fingerprint density at radius 2 is 1.78 bits per heavy atom. The van der Waals surface area contributed by atoms with Crippen molar-refractivity contribution in [2.24, 2.45) is 28.6 Å². The summed E-state index contributed by atoms with van der Waals surface area (Å²) in [6, 6.07) is 7.86. The van der Waals surface area contributed by atoms with Gasteiger partial charge >= 0.3 is 5.97 Å². The molecule has 36 heavy (non-hydrogen) atoms. The van der Waals surface area contributed by atoms with Gasteiger partial charge in [0, 0.05) is 35.6 Å². The van der Waals surface area contributed by atoms with E-state index in [0.717, 1.165) is 62.0 Å². The zero-order valence-electron chi connectivity index (χ0n) is 21.9. The largest absolute Gasteiger partial charge is 0.462 e. The second-order valence-corrected chi connectivity index (χ2v) is 12.5. The number of allylic oxidation sites excluding steroid dienone is 1. The van der Waals surface area contributed by atoms with E-state index in [9.17, 15) is 9.90 Å². The number of ether oxygens (including phenoxy) is 3. The highest BCUT2D eigenvalue weighted by atomic mass is 35.5. The van der Waals surface area contributed by atoms with Gasteiger partial charge in [-0.3, -0.25) is 4.79 Å². The molecular weight excluding hydrogens is 476 g/mol. The fraction of sp³-hybridized carbons (Fsp3) is 0.700. The lowest BCUT2D eigenvalue weighted by atomic mass is 9.51. The van der Waals surface area contributed by atoms with Crippen molar-refractivity contribution in [1.82, 2.24) is 0 Å². The Morgan fingerprint density at radius 3 is 2.47 bits per heavy atom. The predicted octanol–water partition coefficient (Wildman–Crippen LogP) is 6.41. The van der Waals surface area contributed by atoms with E-state index < -0.39 is 5.79 Å². The van der Waals surface area contributed by atoms with E-state index in [4.69, 9.17) is 25.8 Å². The van der Waals surface area contributed by atoms with Gasteiger partial charge in [0.25, 0.3) is 0 Å². The number of benzene rings is 1. The first kappa shape index (κ1) is 26.2. The highest BCUT2D eigenvalue weighted by Crippen LogP contribution is 2.65. The summed E-state index contributed by atoms with van der Waals surface area (Å²) in [5.74, 6) is 0.0316. The molecule has 1 aromatic rings. The van der Waals surface area contributed by atoms with Crippen LogP contribution in [-0.4, -0.2) is 42.3 Å². The molecule has 6 heteroatoms. The van der Waals surface area contributed by atoms with Gasteiger partial charge in [0.1, 0.15) is 6.10 Å². The molecule has 3 saturated carbocycles. The lowest BCUT2D eigenvalue weighted by Gasteiger charge is -2.57. The summed E-state index contributed by atoms with van der Waals surface area (Å²) in [7, 11) is 0. The molecule has 2 unspecified atom stereocenters. The van der Waals surface area contributed by atoms with Crippen molar-refractivity contribution in [2.75, 3.05) is 13.2 Å². The van der Waals surface area contributed by atoms with E-state index >= 15 is 0 Å². The molecule has 1 saturated heterocycles. The number of esters is 1. The molecule has 1 heterocycles. The molecule has 1 aliphatic heterocycles. The van der Waals surface area contributed by atoms with Crippen LogP contribution in [0.1, 0.15) is 77.7 Å². The van der Waals surface area contributed by atoms with Crippen molar-refractivity contribution in [3.05, 3.63) is 40.9 Å². The summed E-state index contributed by atoms with van der Waals surface area (Å²) in [5.41, 5.74) is 0.934. The van der Waals surface area contributed by atoms with Crippen molar-refractivity contribution < 1.29 is 24.1 Å². The maximum absolute atomic E-state index is 12.4. The smallest absolute Gasteiger partial charge is 0.302 e. The molecule has 5 nitrogen and oxygen atoms in total. The average molecular weight is 517 g/mol. The molecule has 4 aliphatic rings. The molecule has 0 radical (unpaired) electrons. The second-order valence-electron chi connectivity index (χ2n) is 12.1. The summed E-state index contributed by atoms with van der Waals surface area (Å²) in [6.07, 6.45) is 11.2. The van der Waals surface area contributed by atoms with E-state index in [2.05, 4.69) is 26.0 Å². The molecule has 0 amide bonds. The van der Waals surface area contributed by atoms with Crippen molar-refractivity contribution in [3.8, 4) is 0 Å². The number of hydrogen-bond donors (Lipinski definition) is 1. The maximum Gasteiger partial charge on any atom is 0.302 e. The third-order valence-corrected chi connectivity index (χ3v) is 10.5. The number of halogens is 1. The Bertz CT molecular complexity index is 970. The van der Waals surface area contributed by atoms with Crippen LogP contribution >= 0.6 is 11.6 Å². The minimum Gasteiger partial charge on any atom is -0.462 e. The standard InChI is InChI=1S/C30H41ClO5/c1-20(32)36-27-25(12-15-29(3)26(27)13-16-30(29)34-17-18-35-30)28(2)14-11-24(33)19-22(28)6-4-5-21-7-9-23(31)10-8-21/h4-5,7-10,22,24-27,33H,6,11-19H2,1-3H3/b5-4-/t22-,24-,25?,26?,27+,28-,29-/m0/s1. The number of fused-ring (bicyclic) bond motifs is 2. The Hall–Kier alpha value is -1.40. The topological polar surface area (TPSA) is 65.0 Å². The molecular formula is C30H41ClO5. The highest BCUT2D eigenvalue weighted by molar-refractivity contribution is 6.30. The minimum absolute atomic E-state index is 0.0296. The van der Waals surface area contributed by atoms with Gasteiger partial charge in [-0.05, 0) is 74.0 Å². The van der Waals surface area contributed by atoms with E-state index in [1.807, 2.05) is 24.3 Å². The molecule has 1 aromatic carbocycles. The first-order chi connectivity index (χ1) is 17.2. The minimum atomic E-state index is -0.536. The van der Waals surface area contributed by atoms with Crippen LogP contribution in [0.3, 0.4) is 0 Å². The number of hydrogen-bond acceptors (Lipinski definition) is 5. The van der Waals surface area contributed by atoms with E-state index in [0.29, 0.717) is 19.1 Å². The zero-order valence-corrected chi connectivity index (χ0v) is 22.6. The fourth-order valence-electron chi connectivity index (χ4n) is 8.22. The van der Waals surface area contributed by atoms with Crippen LogP contribution in [0.15, 0.2) is 30.3 Å². The first-order valence-electron chi connectivity index (χ1n) is 13.7. The number of carbonyl (C=O) groups is 1. The number of carbonyl (C=O) groups excluding carboxylic acids is 1. The molecule has 0 aromatic heterocycles. The Kier molecular flexibility index (Phi) is 7.32. The molecule has 1 N–H and O–H groups in total. The molecule has 198 valence electrons. The van der Waals surface area contributed by atoms with Crippen LogP contribution in [0.25, 0.3) is 6.08 Å². The van der Waals surface area contributed by atoms with Crippen molar-refractivity contribution >= 4 is 23.6 Å². The maximum atomic E-state index is 12.4. The molecule has 5 rings (SSSR count). The predicted molar refractivity (Wildman–Crippen MR) is 140 cm³/mol. The second kappa shape index (κ2) is 10.1. The Balaban J connectivity index is 1.41. The third kappa shape index (κ3) is 4.55. The van der Waals surface area contributed by atoms with Gasteiger partial charge in [0.2, 0.25) is 0 Å². The zero-order chi connectivity index (χ0) is 25.6. The SMILES string of the molecule is CC(=O)O[C@H]1C2CCC3(OCCO3)[C@@]2(C)CCC1[C@@]1(C)CC[C@H](O)C[C@@H]1C/C=C\c1ccc(Cl)cc1. The van der Waals surface area contributed by atoms with Crippen molar-refractivity contribution in [1.29, 1.82) is 0 Å². The van der Waals surface area contributed by atoms with Crippen LogP contribution in [-0.2, 0) is 19.0 Å². The number of rotatable bonds is 5. The molecule has 0 bridgehead atoms. The van der Waals surface area contributed by atoms with Crippen LogP contribution in [0.4, 0.5) is 0 Å². The normalized spacial score (nSPS) is 40.0. The summed E-state index contributed by atoms with van der Waals surface area (Å²) < 4.78 is 18.7. The van der Waals surface area contributed by atoms with E-state index in [1.165, 1.54) is 6.92 Å². The van der Waals surface area contributed by atoms with Gasteiger partial charge in [0.05, 0.1) is 19.3 Å². The van der Waals surface area contributed by atoms with Crippen LogP contribution in [0, 0.1) is 28.6 Å². The summed E-state index contributed by atoms with van der Waals surface area (Å²) in [4.78, 5) is 12.4. The Labute approximate surface area is 220 Å². The van der Waals surface area contributed by atoms with Gasteiger partial charge in [0.15, 0.2) is 5.79 Å². The number of aliphatic hydroxyl groups excluding tert-OH is 1. The third-order valence-electron chi connectivity index (χ3n) is 10.3. The lowest BCUT2D eigenvalue weighted by molar-refractivity contribution is -0.252. The lowest BCUT2D eigenvalue weighted by Crippen LogP contribution is -2.58. The van der Waals surface area contributed by atoms with Crippen LogP contribution < -0.4 is 0 Å². The summed E-state index contributed by atoms with van der Waals surface area (Å²) >= 11 is 6.04. The average Bonchev–Trinajstić information content (AvgIpc) is 3.43. The molecule has 1 spiro atoms. The van der Waals surface area contributed by atoms with Gasteiger partial charge in [-0.2, -0.15) is 0 Å².